The summed E-state index contributed by atoms with van der Waals surface area (Å²) >= 11 is 0. The SMILES string of the molecule is CC(=NO)c1cc(C(=O)NC(Cc2ccc(-c3ccccc3)cc2)CC(O)C(=O)O)[nH]n1. The van der Waals surface area contributed by atoms with Gasteiger partial charge >= 0.3 is 5.97 Å². The third-order valence-corrected chi connectivity index (χ3v) is 5.01. The molecule has 2 aromatic carbocycles. The number of aromatic amines is 1. The first-order chi connectivity index (χ1) is 15.4. The first-order valence-corrected chi connectivity index (χ1v) is 9.98. The summed E-state index contributed by atoms with van der Waals surface area (Å²) < 4.78 is 0. The summed E-state index contributed by atoms with van der Waals surface area (Å²) in [5, 5.41) is 40.0. The van der Waals surface area contributed by atoms with Gasteiger partial charge in [-0.15, -0.1) is 0 Å². The third-order valence-electron chi connectivity index (χ3n) is 5.01. The van der Waals surface area contributed by atoms with Crippen molar-refractivity contribution in [2.24, 2.45) is 5.16 Å². The fourth-order valence-electron chi connectivity index (χ4n) is 3.25. The molecule has 3 aromatic rings. The van der Waals surface area contributed by atoms with Crippen LogP contribution in [0.5, 0.6) is 0 Å². The largest absolute Gasteiger partial charge is 0.479 e. The van der Waals surface area contributed by atoms with Crippen LogP contribution >= 0.6 is 0 Å². The van der Waals surface area contributed by atoms with Crippen LogP contribution in [0.25, 0.3) is 11.1 Å². The lowest BCUT2D eigenvalue weighted by molar-refractivity contribution is -0.147. The number of carbonyl (C=O) groups excluding carboxylic acids is 1. The second kappa shape index (κ2) is 10.4. The minimum atomic E-state index is -1.62. The highest BCUT2D eigenvalue weighted by Gasteiger charge is 2.23. The molecule has 9 heteroatoms. The number of oxime groups is 1. The fraction of sp³-hybridized carbons (Fsp3) is 0.217. The number of aliphatic hydroxyl groups excluding tert-OH is 1. The zero-order valence-electron chi connectivity index (χ0n) is 17.4. The van der Waals surface area contributed by atoms with E-state index in [1.54, 1.807) is 0 Å². The molecule has 5 N–H and O–H groups in total. The van der Waals surface area contributed by atoms with Crippen LogP contribution in [0, 0.1) is 0 Å². The first kappa shape index (κ1) is 22.7. The average Bonchev–Trinajstić information content (AvgIpc) is 3.30. The molecule has 0 radical (unpaired) electrons. The number of carboxylic acids is 1. The molecule has 0 saturated carbocycles. The summed E-state index contributed by atoms with van der Waals surface area (Å²) in [6.07, 6.45) is -1.46. The van der Waals surface area contributed by atoms with E-state index in [0.29, 0.717) is 12.1 Å². The molecule has 166 valence electrons. The Morgan fingerprint density at radius 1 is 1.09 bits per heavy atom. The van der Waals surface area contributed by atoms with E-state index in [2.05, 4.69) is 20.7 Å². The van der Waals surface area contributed by atoms with Crippen molar-refractivity contribution in [2.45, 2.75) is 31.9 Å². The van der Waals surface area contributed by atoms with Gasteiger partial charge in [-0.25, -0.2) is 4.79 Å². The molecule has 0 spiro atoms. The summed E-state index contributed by atoms with van der Waals surface area (Å²) in [4.78, 5) is 23.8. The van der Waals surface area contributed by atoms with Gasteiger partial charge in [-0.2, -0.15) is 5.10 Å². The van der Waals surface area contributed by atoms with Gasteiger partial charge in [0.1, 0.15) is 17.1 Å². The van der Waals surface area contributed by atoms with Crippen molar-refractivity contribution in [3.63, 3.8) is 0 Å². The van der Waals surface area contributed by atoms with Gasteiger partial charge in [0, 0.05) is 12.5 Å². The number of carbonyl (C=O) groups is 2. The number of aliphatic carboxylic acids is 1. The topological polar surface area (TPSA) is 148 Å². The average molecular weight is 436 g/mol. The Kier molecular flexibility index (Phi) is 7.35. The minimum absolute atomic E-state index is 0.122. The number of aliphatic hydroxyl groups is 1. The van der Waals surface area contributed by atoms with E-state index in [-0.39, 0.29) is 17.8 Å². The van der Waals surface area contributed by atoms with E-state index in [1.165, 1.54) is 13.0 Å². The fourth-order valence-corrected chi connectivity index (χ4v) is 3.25. The normalized spacial score (nSPS) is 13.4. The van der Waals surface area contributed by atoms with E-state index in [1.807, 2.05) is 54.6 Å². The van der Waals surface area contributed by atoms with Gasteiger partial charge in [0.15, 0.2) is 6.10 Å². The van der Waals surface area contributed by atoms with Crippen LogP contribution in [0.15, 0.2) is 65.8 Å². The number of nitrogens with one attached hydrogen (secondary N) is 2. The smallest absolute Gasteiger partial charge is 0.332 e. The zero-order valence-corrected chi connectivity index (χ0v) is 17.4. The van der Waals surface area contributed by atoms with Crippen LogP contribution < -0.4 is 5.32 Å². The lowest BCUT2D eigenvalue weighted by Gasteiger charge is -2.20. The molecule has 2 atom stereocenters. The molecule has 0 aliphatic rings. The molecule has 0 aliphatic carbocycles. The predicted molar refractivity (Wildman–Crippen MR) is 118 cm³/mol. The van der Waals surface area contributed by atoms with Gasteiger partial charge in [-0.05, 0) is 36.1 Å². The van der Waals surface area contributed by atoms with Gasteiger partial charge in [-0.1, -0.05) is 59.8 Å². The van der Waals surface area contributed by atoms with Crippen molar-refractivity contribution in [3.05, 3.63) is 77.6 Å². The van der Waals surface area contributed by atoms with Crippen molar-refractivity contribution in [3.8, 4) is 11.1 Å². The monoisotopic (exact) mass is 436 g/mol. The highest BCUT2D eigenvalue weighted by atomic mass is 16.4. The Morgan fingerprint density at radius 3 is 2.38 bits per heavy atom. The number of amides is 1. The highest BCUT2D eigenvalue weighted by Crippen LogP contribution is 2.20. The van der Waals surface area contributed by atoms with Crippen molar-refractivity contribution < 1.29 is 25.0 Å². The lowest BCUT2D eigenvalue weighted by atomic mass is 9.97. The molecular weight excluding hydrogens is 412 g/mol. The molecule has 1 amide bonds. The Labute approximate surface area is 184 Å². The van der Waals surface area contributed by atoms with Crippen LogP contribution in [-0.4, -0.2) is 55.4 Å². The second-order valence-electron chi connectivity index (χ2n) is 7.38. The van der Waals surface area contributed by atoms with E-state index < -0.39 is 24.0 Å². The summed E-state index contributed by atoms with van der Waals surface area (Å²) in [5.74, 6) is -1.87. The van der Waals surface area contributed by atoms with Gasteiger partial charge < -0.3 is 20.7 Å². The number of nitrogens with zero attached hydrogens (tertiary/aromatic N) is 2. The Bertz CT molecular complexity index is 1090. The molecule has 0 aliphatic heterocycles. The Morgan fingerprint density at radius 2 is 1.75 bits per heavy atom. The van der Waals surface area contributed by atoms with E-state index in [9.17, 15) is 14.7 Å². The quantitative estimate of drug-likeness (QED) is 0.198. The van der Waals surface area contributed by atoms with Gasteiger partial charge in [-0.3, -0.25) is 9.89 Å². The van der Waals surface area contributed by atoms with Crippen molar-refractivity contribution in [2.75, 3.05) is 0 Å². The number of hydrogen-bond acceptors (Lipinski definition) is 6. The molecule has 1 heterocycles. The number of aromatic nitrogens is 2. The van der Waals surface area contributed by atoms with Crippen LogP contribution in [0.2, 0.25) is 0 Å². The Hall–Kier alpha value is -3.98. The molecule has 0 bridgehead atoms. The molecule has 1 aromatic heterocycles. The van der Waals surface area contributed by atoms with Crippen LogP contribution in [0.3, 0.4) is 0 Å². The summed E-state index contributed by atoms with van der Waals surface area (Å²) in [5.41, 5.74) is 3.64. The minimum Gasteiger partial charge on any atom is -0.479 e. The molecular formula is C23H24N4O5. The zero-order chi connectivity index (χ0) is 23.1. The van der Waals surface area contributed by atoms with Crippen LogP contribution in [0.4, 0.5) is 0 Å². The Balaban J connectivity index is 1.74. The second-order valence-corrected chi connectivity index (χ2v) is 7.38. The lowest BCUT2D eigenvalue weighted by Crippen LogP contribution is -2.40. The summed E-state index contributed by atoms with van der Waals surface area (Å²) in [7, 11) is 0. The third kappa shape index (κ3) is 5.79. The van der Waals surface area contributed by atoms with Crippen molar-refractivity contribution in [1.82, 2.24) is 15.5 Å². The molecule has 0 saturated heterocycles. The first-order valence-electron chi connectivity index (χ1n) is 9.98. The molecule has 0 fully saturated rings. The van der Waals surface area contributed by atoms with E-state index >= 15 is 0 Å². The number of benzene rings is 2. The maximum atomic E-state index is 12.6. The van der Waals surface area contributed by atoms with Gasteiger partial charge in [0.05, 0.1) is 0 Å². The molecule has 3 rings (SSSR count). The maximum Gasteiger partial charge on any atom is 0.332 e. The van der Waals surface area contributed by atoms with Crippen molar-refractivity contribution >= 4 is 17.6 Å². The number of rotatable bonds is 9. The number of H-pyrrole nitrogens is 1. The van der Waals surface area contributed by atoms with Crippen LogP contribution in [-0.2, 0) is 11.2 Å². The standard InChI is InChI=1S/C23H24N4O5/c1-14(27-32)19-13-20(26-25-19)22(29)24-18(12-21(28)23(30)31)11-15-7-9-17(10-8-15)16-5-3-2-4-6-16/h2-10,13,18,21,28,32H,11-12H2,1H3,(H,24,29)(H,25,26)(H,30,31). The van der Waals surface area contributed by atoms with E-state index in [4.69, 9.17) is 10.3 Å². The van der Waals surface area contributed by atoms with Crippen molar-refractivity contribution in [1.29, 1.82) is 0 Å². The number of carboxylic acid groups (broad SMARTS) is 1. The maximum absolute atomic E-state index is 12.6. The summed E-state index contributed by atoms with van der Waals surface area (Å²) in [6.45, 7) is 1.53. The van der Waals surface area contributed by atoms with Gasteiger partial charge in [0.2, 0.25) is 0 Å². The van der Waals surface area contributed by atoms with Crippen LogP contribution in [0.1, 0.15) is 35.1 Å². The summed E-state index contributed by atoms with van der Waals surface area (Å²) in [6, 6.07) is 18.4. The molecule has 2 unspecified atom stereocenters. The molecule has 9 nitrogen and oxygen atoms in total. The predicted octanol–water partition coefficient (Wildman–Crippen LogP) is 2.45. The van der Waals surface area contributed by atoms with Gasteiger partial charge in [0.25, 0.3) is 5.91 Å². The highest BCUT2D eigenvalue weighted by molar-refractivity contribution is 6.00. The number of hydrogen-bond donors (Lipinski definition) is 5. The van der Waals surface area contributed by atoms with E-state index in [0.717, 1.165) is 16.7 Å². The molecule has 32 heavy (non-hydrogen) atoms.